The number of anilines is 1. The van der Waals surface area contributed by atoms with E-state index in [1.165, 1.54) is 0 Å². The van der Waals surface area contributed by atoms with Crippen molar-refractivity contribution in [2.75, 3.05) is 38.7 Å². The van der Waals surface area contributed by atoms with E-state index in [4.69, 9.17) is 9.84 Å². The van der Waals surface area contributed by atoms with Crippen LogP contribution in [-0.4, -0.2) is 53.6 Å². The number of aliphatic hydroxyl groups excluding tert-OH is 1. The van der Waals surface area contributed by atoms with Gasteiger partial charge in [-0.2, -0.15) is 10.4 Å². The molecule has 0 spiro atoms. The number of benzene rings is 1. The van der Waals surface area contributed by atoms with Gasteiger partial charge in [-0.15, -0.1) is 5.10 Å². The van der Waals surface area contributed by atoms with Crippen molar-refractivity contribution >= 4 is 18.0 Å². The molecule has 0 saturated carbocycles. The van der Waals surface area contributed by atoms with E-state index in [-0.39, 0.29) is 6.04 Å². The maximum Gasteiger partial charge on any atom is 0.157 e. The molecule has 1 saturated heterocycles. The molecule has 1 atom stereocenters. The minimum atomic E-state index is -0.0381. The van der Waals surface area contributed by atoms with Gasteiger partial charge >= 0.3 is 0 Å². The van der Waals surface area contributed by atoms with Crippen molar-refractivity contribution in [3.63, 3.8) is 0 Å². The van der Waals surface area contributed by atoms with Crippen LogP contribution in [0.5, 0.6) is 0 Å². The maximum absolute atomic E-state index is 9.36. The molecular formula is C25H33N5O2. The summed E-state index contributed by atoms with van der Waals surface area (Å²) in [7, 11) is 1.00. The Labute approximate surface area is 190 Å². The first-order valence-corrected chi connectivity index (χ1v) is 10.7. The summed E-state index contributed by atoms with van der Waals surface area (Å²) in [4.78, 5) is 2.23. The largest absolute Gasteiger partial charge is 0.400 e. The highest BCUT2D eigenvalue weighted by Gasteiger charge is 2.15. The van der Waals surface area contributed by atoms with E-state index >= 15 is 0 Å². The molecule has 2 aromatic rings. The average Bonchev–Trinajstić information content (AvgIpc) is 2.82. The monoisotopic (exact) mass is 435 g/mol. The Balaban J connectivity index is 0.00000176. The van der Waals surface area contributed by atoms with Crippen LogP contribution >= 0.6 is 0 Å². The van der Waals surface area contributed by atoms with Gasteiger partial charge in [-0.05, 0) is 51.0 Å². The van der Waals surface area contributed by atoms with Crippen LogP contribution in [0.4, 0.5) is 5.82 Å². The van der Waals surface area contributed by atoms with Gasteiger partial charge in [0.15, 0.2) is 5.82 Å². The first-order chi connectivity index (χ1) is 15.5. The molecule has 0 radical (unpaired) electrons. The van der Waals surface area contributed by atoms with Crippen molar-refractivity contribution in [3.8, 4) is 6.07 Å². The van der Waals surface area contributed by atoms with Gasteiger partial charge in [0.2, 0.25) is 0 Å². The van der Waals surface area contributed by atoms with Gasteiger partial charge in [-0.3, -0.25) is 0 Å². The lowest BCUT2D eigenvalue weighted by Crippen LogP contribution is -2.38. The van der Waals surface area contributed by atoms with E-state index < -0.39 is 0 Å². The number of rotatable bonds is 5. The average molecular weight is 436 g/mol. The second kappa shape index (κ2) is 12.0. The SMILES string of the molecule is C=C(/C=c1/c(N[C@H](C)c2cccc(C#N)c2C)nnc(C)/c1=C/C)N1CCOCC1.CO. The fraction of sp³-hybridized carbons (Fsp3) is 0.400. The molecule has 7 heteroatoms. The van der Waals surface area contributed by atoms with Crippen molar-refractivity contribution in [1.82, 2.24) is 15.1 Å². The fourth-order valence-electron chi connectivity index (χ4n) is 3.81. The molecule has 3 rings (SSSR count). The Bertz CT molecular complexity index is 1100. The predicted molar refractivity (Wildman–Crippen MR) is 128 cm³/mol. The van der Waals surface area contributed by atoms with Crippen molar-refractivity contribution in [1.29, 1.82) is 5.26 Å². The molecule has 1 aromatic carbocycles. The summed E-state index contributed by atoms with van der Waals surface area (Å²) in [6, 6.07) is 8.02. The Morgan fingerprint density at radius 3 is 2.56 bits per heavy atom. The van der Waals surface area contributed by atoms with Crippen molar-refractivity contribution in [2.24, 2.45) is 0 Å². The topological polar surface area (TPSA) is 94.3 Å². The summed E-state index contributed by atoms with van der Waals surface area (Å²) in [5, 5.41) is 30.7. The van der Waals surface area contributed by atoms with Gasteiger partial charge in [0.25, 0.3) is 0 Å². The highest BCUT2D eigenvalue weighted by Crippen LogP contribution is 2.22. The number of allylic oxidation sites excluding steroid dienone is 1. The second-order valence-corrected chi connectivity index (χ2v) is 7.48. The molecule has 0 bridgehead atoms. The molecule has 1 aliphatic rings. The molecule has 1 fully saturated rings. The van der Waals surface area contributed by atoms with Gasteiger partial charge in [0.05, 0.1) is 36.6 Å². The van der Waals surface area contributed by atoms with Gasteiger partial charge < -0.3 is 20.1 Å². The first-order valence-electron chi connectivity index (χ1n) is 10.7. The zero-order valence-corrected chi connectivity index (χ0v) is 19.6. The molecule has 1 aromatic heterocycles. The predicted octanol–water partition coefficient (Wildman–Crippen LogP) is 2.17. The molecule has 2 heterocycles. The maximum atomic E-state index is 9.36. The molecule has 0 amide bonds. The summed E-state index contributed by atoms with van der Waals surface area (Å²) in [5.74, 6) is 0.706. The number of hydrogen-bond acceptors (Lipinski definition) is 7. The van der Waals surface area contributed by atoms with Crippen LogP contribution in [0.2, 0.25) is 0 Å². The van der Waals surface area contributed by atoms with Crippen LogP contribution in [0.15, 0.2) is 30.5 Å². The van der Waals surface area contributed by atoms with Gasteiger partial charge in [-0.25, -0.2) is 0 Å². The number of morpholine rings is 1. The van der Waals surface area contributed by atoms with Gasteiger partial charge in [0, 0.05) is 36.3 Å². The van der Waals surface area contributed by atoms with E-state index in [1.54, 1.807) is 0 Å². The normalized spacial score (nSPS) is 15.5. The molecule has 2 N–H and O–H groups in total. The van der Waals surface area contributed by atoms with Crippen molar-refractivity contribution in [2.45, 2.75) is 33.7 Å². The zero-order chi connectivity index (χ0) is 23.7. The van der Waals surface area contributed by atoms with Crippen LogP contribution in [0.1, 0.15) is 42.3 Å². The zero-order valence-electron chi connectivity index (χ0n) is 19.6. The van der Waals surface area contributed by atoms with Crippen LogP contribution in [0.3, 0.4) is 0 Å². The first kappa shape index (κ1) is 25.1. The van der Waals surface area contributed by atoms with Crippen LogP contribution in [0.25, 0.3) is 12.2 Å². The van der Waals surface area contributed by atoms with Crippen molar-refractivity contribution in [3.05, 3.63) is 63.3 Å². The molecule has 7 nitrogen and oxygen atoms in total. The third-order valence-electron chi connectivity index (χ3n) is 5.57. The number of nitriles is 1. The minimum Gasteiger partial charge on any atom is -0.400 e. The molecular weight excluding hydrogens is 402 g/mol. The second-order valence-electron chi connectivity index (χ2n) is 7.48. The van der Waals surface area contributed by atoms with Gasteiger partial charge in [-0.1, -0.05) is 24.8 Å². The Morgan fingerprint density at radius 1 is 1.25 bits per heavy atom. The Morgan fingerprint density at radius 2 is 1.94 bits per heavy atom. The molecule has 0 aliphatic carbocycles. The molecule has 170 valence electrons. The quantitative estimate of drug-likeness (QED) is 0.743. The van der Waals surface area contributed by atoms with E-state index in [9.17, 15) is 5.26 Å². The standard InChI is InChI=1S/C24H29N5O.CH4O/c1-6-21-19(5)27-28-24(23(21)14-16(2)29-10-12-30-13-11-29)26-18(4)22-9-7-8-20(15-25)17(22)3;1-2/h6-9,14,18H,2,10-13H2,1,3-5H3,(H,26,28);2H,1H3/b21-6-,23-14+;/t18-;/m1./s1. The highest BCUT2D eigenvalue weighted by molar-refractivity contribution is 5.55. The third kappa shape index (κ3) is 5.72. The summed E-state index contributed by atoms with van der Waals surface area (Å²) >= 11 is 0. The summed E-state index contributed by atoms with van der Waals surface area (Å²) in [5.41, 5.74) is 4.54. The third-order valence-corrected chi connectivity index (χ3v) is 5.57. The number of aryl methyl sites for hydroxylation is 1. The lowest BCUT2D eigenvalue weighted by molar-refractivity contribution is 0.0564. The smallest absolute Gasteiger partial charge is 0.157 e. The highest BCUT2D eigenvalue weighted by atomic mass is 16.5. The summed E-state index contributed by atoms with van der Waals surface area (Å²) in [6.45, 7) is 15.4. The summed E-state index contributed by atoms with van der Waals surface area (Å²) in [6.07, 6.45) is 4.13. The Hall–Kier alpha value is -3.21. The number of nitrogens with zero attached hydrogens (tertiary/aromatic N) is 4. The fourth-order valence-corrected chi connectivity index (χ4v) is 3.81. The van der Waals surface area contributed by atoms with E-state index in [0.717, 1.165) is 53.2 Å². The van der Waals surface area contributed by atoms with E-state index in [1.807, 2.05) is 39.0 Å². The lowest BCUT2D eigenvalue weighted by atomic mass is 9.98. The lowest BCUT2D eigenvalue weighted by Gasteiger charge is -2.29. The van der Waals surface area contributed by atoms with Crippen molar-refractivity contribution < 1.29 is 9.84 Å². The number of aliphatic hydroxyl groups is 1. The number of nitrogens with one attached hydrogen (secondary N) is 1. The molecule has 1 aliphatic heterocycles. The molecule has 32 heavy (non-hydrogen) atoms. The van der Waals surface area contributed by atoms with E-state index in [0.29, 0.717) is 24.6 Å². The number of aromatic nitrogens is 2. The van der Waals surface area contributed by atoms with Gasteiger partial charge in [0.1, 0.15) is 0 Å². The molecule has 0 unspecified atom stereocenters. The van der Waals surface area contributed by atoms with E-state index in [2.05, 4.69) is 52.1 Å². The number of ether oxygens (including phenoxy) is 1. The van der Waals surface area contributed by atoms with Crippen LogP contribution < -0.4 is 15.8 Å². The van der Waals surface area contributed by atoms with Crippen LogP contribution in [0, 0.1) is 25.2 Å². The summed E-state index contributed by atoms with van der Waals surface area (Å²) < 4.78 is 5.46. The Kier molecular flexibility index (Phi) is 9.39. The number of hydrogen-bond donors (Lipinski definition) is 2. The van der Waals surface area contributed by atoms with Crippen LogP contribution in [-0.2, 0) is 4.74 Å². The minimum absolute atomic E-state index is 0.0381.